The standard InChI is InChI=1S/C20H20N4O3S2/c1-3-27-16-10-5-4-9-15(16)21-17(25)12-28-20-24-23-19(29-20)22-18(26)14-8-6-7-13(2)11-14/h4-11H,3,12H2,1-2H3,(H,21,25)(H,22,23,26). The highest BCUT2D eigenvalue weighted by Crippen LogP contribution is 2.27. The summed E-state index contributed by atoms with van der Waals surface area (Å²) in [6, 6.07) is 14.6. The van der Waals surface area contributed by atoms with Gasteiger partial charge in [-0.2, -0.15) is 0 Å². The van der Waals surface area contributed by atoms with Crippen LogP contribution in [0.5, 0.6) is 5.75 Å². The average molecular weight is 429 g/mol. The predicted molar refractivity (Wildman–Crippen MR) is 116 cm³/mol. The van der Waals surface area contributed by atoms with E-state index in [0.717, 1.165) is 5.56 Å². The zero-order valence-corrected chi connectivity index (χ0v) is 17.6. The van der Waals surface area contributed by atoms with Crippen LogP contribution in [0.25, 0.3) is 0 Å². The third-order valence-electron chi connectivity index (χ3n) is 3.69. The number of carbonyl (C=O) groups is 2. The first-order valence-electron chi connectivity index (χ1n) is 8.91. The smallest absolute Gasteiger partial charge is 0.257 e. The molecule has 3 rings (SSSR count). The fourth-order valence-corrected chi connectivity index (χ4v) is 3.99. The van der Waals surface area contributed by atoms with E-state index in [0.29, 0.717) is 33.1 Å². The number of ether oxygens (including phenoxy) is 1. The van der Waals surface area contributed by atoms with Crippen molar-refractivity contribution < 1.29 is 14.3 Å². The number of hydrogen-bond acceptors (Lipinski definition) is 7. The molecule has 2 amide bonds. The number of nitrogens with zero attached hydrogens (tertiary/aromatic N) is 2. The third-order valence-corrected chi connectivity index (χ3v) is 5.67. The second-order valence-corrected chi connectivity index (χ2v) is 8.16. The molecule has 0 aliphatic rings. The molecule has 150 valence electrons. The lowest BCUT2D eigenvalue weighted by atomic mass is 10.1. The normalized spacial score (nSPS) is 10.4. The number of hydrogen-bond donors (Lipinski definition) is 2. The van der Waals surface area contributed by atoms with Crippen molar-refractivity contribution in [1.29, 1.82) is 0 Å². The predicted octanol–water partition coefficient (Wildman–Crippen LogP) is 4.23. The minimum Gasteiger partial charge on any atom is -0.492 e. The van der Waals surface area contributed by atoms with Crippen LogP contribution < -0.4 is 15.4 Å². The van der Waals surface area contributed by atoms with Crippen molar-refractivity contribution in [3.8, 4) is 5.75 Å². The van der Waals surface area contributed by atoms with E-state index in [4.69, 9.17) is 4.74 Å². The highest BCUT2D eigenvalue weighted by atomic mass is 32.2. The van der Waals surface area contributed by atoms with Gasteiger partial charge in [0.2, 0.25) is 11.0 Å². The molecule has 3 aromatic rings. The van der Waals surface area contributed by atoms with Crippen molar-refractivity contribution >= 4 is 45.7 Å². The van der Waals surface area contributed by atoms with Crippen molar-refractivity contribution in [3.05, 3.63) is 59.7 Å². The van der Waals surface area contributed by atoms with E-state index < -0.39 is 0 Å². The van der Waals surface area contributed by atoms with E-state index in [1.807, 2.05) is 38.1 Å². The summed E-state index contributed by atoms with van der Waals surface area (Å²) in [7, 11) is 0. The van der Waals surface area contributed by atoms with Crippen LogP contribution in [0.1, 0.15) is 22.8 Å². The second-order valence-electron chi connectivity index (χ2n) is 5.96. The van der Waals surface area contributed by atoms with Crippen LogP contribution >= 0.6 is 23.1 Å². The summed E-state index contributed by atoms with van der Waals surface area (Å²) in [4.78, 5) is 24.5. The van der Waals surface area contributed by atoms with Crippen LogP contribution in [0.2, 0.25) is 0 Å². The Morgan fingerprint density at radius 2 is 1.93 bits per heavy atom. The summed E-state index contributed by atoms with van der Waals surface area (Å²) in [6.45, 7) is 4.33. The number of benzene rings is 2. The molecule has 0 fully saturated rings. The second kappa shape index (κ2) is 10.0. The fourth-order valence-electron chi connectivity index (χ4n) is 2.44. The van der Waals surface area contributed by atoms with Gasteiger partial charge >= 0.3 is 0 Å². The Kier molecular flexibility index (Phi) is 7.20. The summed E-state index contributed by atoms with van der Waals surface area (Å²) >= 11 is 2.48. The monoisotopic (exact) mass is 428 g/mol. The molecular weight excluding hydrogens is 408 g/mol. The van der Waals surface area contributed by atoms with E-state index in [9.17, 15) is 9.59 Å². The summed E-state index contributed by atoms with van der Waals surface area (Å²) < 4.78 is 6.10. The lowest BCUT2D eigenvalue weighted by Crippen LogP contribution is -2.14. The van der Waals surface area contributed by atoms with Crippen LogP contribution in [0, 0.1) is 6.92 Å². The molecule has 0 unspecified atom stereocenters. The number of thioether (sulfide) groups is 1. The van der Waals surface area contributed by atoms with Gasteiger partial charge in [0.15, 0.2) is 4.34 Å². The lowest BCUT2D eigenvalue weighted by Gasteiger charge is -2.10. The van der Waals surface area contributed by atoms with Crippen molar-refractivity contribution in [2.24, 2.45) is 0 Å². The van der Waals surface area contributed by atoms with Crippen LogP contribution in [0.3, 0.4) is 0 Å². The summed E-state index contributed by atoms with van der Waals surface area (Å²) in [5.74, 6) is 0.376. The number of carbonyl (C=O) groups excluding carboxylic acids is 2. The molecule has 1 heterocycles. The zero-order chi connectivity index (χ0) is 20.6. The molecular formula is C20H20N4O3S2. The maximum absolute atomic E-state index is 12.3. The molecule has 0 aliphatic heterocycles. The Bertz CT molecular complexity index is 1010. The number of amides is 2. The van der Waals surface area contributed by atoms with Gasteiger partial charge in [0.25, 0.3) is 5.91 Å². The number of aromatic nitrogens is 2. The van der Waals surface area contributed by atoms with Crippen LogP contribution in [-0.2, 0) is 4.79 Å². The summed E-state index contributed by atoms with van der Waals surface area (Å²) in [5.41, 5.74) is 2.19. The highest BCUT2D eigenvalue weighted by Gasteiger charge is 2.13. The van der Waals surface area contributed by atoms with Gasteiger partial charge in [-0.05, 0) is 38.1 Å². The average Bonchev–Trinajstić information content (AvgIpc) is 3.15. The lowest BCUT2D eigenvalue weighted by molar-refractivity contribution is -0.113. The first-order valence-corrected chi connectivity index (χ1v) is 10.7. The molecule has 0 radical (unpaired) electrons. The van der Waals surface area contributed by atoms with Gasteiger partial charge < -0.3 is 10.1 Å². The molecule has 0 bridgehead atoms. The van der Waals surface area contributed by atoms with Gasteiger partial charge in [-0.1, -0.05) is 52.9 Å². The fraction of sp³-hybridized carbons (Fsp3) is 0.200. The van der Waals surface area contributed by atoms with Crippen molar-refractivity contribution in [3.63, 3.8) is 0 Å². The Balaban J connectivity index is 1.53. The Morgan fingerprint density at radius 3 is 2.72 bits per heavy atom. The molecule has 0 aliphatic carbocycles. The van der Waals surface area contributed by atoms with E-state index in [1.54, 1.807) is 24.3 Å². The van der Waals surface area contributed by atoms with E-state index in [1.165, 1.54) is 23.1 Å². The Morgan fingerprint density at radius 1 is 1.10 bits per heavy atom. The molecule has 1 aromatic heterocycles. The first kappa shape index (κ1) is 20.8. The van der Waals surface area contributed by atoms with Gasteiger partial charge in [-0.15, -0.1) is 10.2 Å². The maximum Gasteiger partial charge on any atom is 0.257 e. The molecule has 0 saturated heterocycles. The SMILES string of the molecule is CCOc1ccccc1NC(=O)CSc1nnc(NC(=O)c2cccc(C)c2)s1. The van der Waals surface area contributed by atoms with Crippen LogP contribution in [0.15, 0.2) is 52.9 Å². The van der Waals surface area contributed by atoms with Gasteiger partial charge in [0, 0.05) is 5.56 Å². The van der Waals surface area contributed by atoms with Gasteiger partial charge in [-0.3, -0.25) is 14.9 Å². The summed E-state index contributed by atoms with van der Waals surface area (Å²) in [5, 5.41) is 13.9. The van der Waals surface area contributed by atoms with Gasteiger partial charge in [0.1, 0.15) is 5.75 Å². The highest BCUT2D eigenvalue weighted by molar-refractivity contribution is 8.01. The molecule has 29 heavy (non-hydrogen) atoms. The maximum atomic E-state index is 12.3. The van der Waals surface area contributed by atoms with Gasteiger partial charge in [0.05, 0.1) is 18.0 Å². The molecule has 0 saturated carbocycles. The van der Waals surface area contributed by atoms with Gasteiger partial charge in [-0.25, -0.2) is 0 Å². The number of aryl methyl sites for hydroxylation is 1. The van der Waals surface area contributed by atoms with E-state index in [2.05, 4.69) is 20.8 Å². The first-order chi connectivity index (χ1) is 14.0. The number of anilines is 2. The Labute approximate surface area is 176 Å². The van der Waals surface area contributed by atoms with Crippen molar-refractivity contribution in [2.75, 3.05) is 23.0 Å². The number of rotatable bonds is 8. The quantitative estimate of drug-likeness (QED) is 0.412. The summed E-state index contributed by atoms with van der Waals surface area (Å²) in [6.07, 6.45) is 0. The molecule has 2 N–H and O–H groups in total. The minimum atomic E-state index is -0.244. The molecule has 0 spiro atoms. The zero-order valence-electron chi connectivity index (χ0n) is 16.0. The number of para-hydroxylation sites is 2. The molecule has 9 heteroatoms. The van der Waals surface area contributed by atoms with Crippen molar-refractivity contribution in [1.82, 2.24) is 10.2 Å². The van der Waals surface area contributed by atoms with E-state index >= 15 is 0 Å². The largest absolute Gasteiger partial charge is 0.492 e. The van der Waals surface area contributed by atoms with Crippen LogP contribution in [0.4, 0.5) is 10.8 Å². The molecule has 7 nitrogen and oxygen atoms in total. The minimum absolute atomic E-state index is 0.168. The molecule has 2 aromatic carbocycles. The third kappa shape index (κ3) is 6.03. The van der Waals surface area contributed by atoms with Crippen LogP contribution in [-0.4, -0.2) is 34.4 Å². The molecule has 0 atom stereocenters. The topological polar surface area (TPSA) is 93.2 Å². The van der Waals surface area contributed by atoms with E-state index in [-0.39, 0.29) is 17.6 Å². The Hall–Kier alpha value is -2.91. The van der Waals surface area contributed by atoms with Crippen molar-refractivity contribution in [2.45, 2.75) is 18.2 Å². The number of nitrogens with one attached hydrogen (secondary N) is 2.